The summed E-state index contributed by atoms with van der Waals surface area (Å²) < 4.78 is 5.75. The van der Waals surface area contributed by atoms with Gasteiger partial charge in [-0.3, -0.25) is 9.59 Å². The number of amides is 2. The highest BCUT2D eigenvalue weighted by atomic mass is 16.5. The van der Waals surface area contributed by atoms with Crippen molar-refractivity contribution >= 4 is 23.2 Å². The minimum atomic E-state index is -1.24. The molecule has 0 unspecified atom stereocenters. The zero-order valence-electron chi connectivity index (χ0n) is 16.5. The quantitative estimate of drug-likeness (QED) is 0.568. The van der Waals surface area contributed by atoms with E-state index in [1.54, 1.807) is 50.2 Å². The molecule has 3 aromatic rings. The van der Waals surface area contributed by atoms with Crippen molar-refractivity contribution in [2.75, 3.05) is 10.6 Å². The Bertz CT molecular complexity index is 952. The molecule has 0 heterocycles. The Labute approximate surface area is 170 Å². The normalized spacial score (nSPS) is 10.8. The van der Waals surface area contributed by atoms with Gasteiger partial charge in [-0.15, -0.1) is 0 Å². The maximum Gasteiger partial charge on any atom is 0.239 e. The maximum atomic E-state index is 12.7. The molecule has 0 aromatic heterocycles. The van der Waals surface area contributed by atoms with E-state index < -0.39 is 5.41 Å². The van der Waals surface area contributed by atoms with E-state index in [9.17, 15) is 9.59 Å². The van der Waals surface area contributed by atoms with Crippen molar-refractivity contribution in [1.29, 1.82) is 0 Å². The van der Waals surface area contributed by atoms with Gasteiger partial charge < -0.3 is 15.4 Å². The number of carbonyl (C=O) groups is 2. The predicted octanol–water partition coefficient (Wildman–Crippen LogP) is 4.87. The van der Waals surface area contributed by atoms with E-state index in [0.29, 0.717) is 23.7 Å². The summed E-state index contributed by atoms with van der Waals surface area (Å²) in [5.74, 6) is -0.0548. The summed E-state index contributed by atoms with van der Waals surface area (Å²) in [7, 11) is 0. The zero-order valence-corrected chi connectivity index (χ0v) is 16.5. The minimum Gasteiger partial charge on any atom is -0.489 e. The van der Waals surface area contributed by atoms with Crippen molar-refractivity contribution in [3.63, 3.8) is 0 Å². The third-order valence-electron chi connectivity index (χ3n) is 4.53. The van der Waals surface area contributed by atoms with Gasteiger partial charge in [0.25, 0.3) is 0 Å². The molecule has 29 heavy (non-hydrogen) atoms. The number of para-hydroxylation sites is 1. The van der Waals surface area contributed by atoms with Crippen LogP contribution in [0, 0.1) is 5.41 Å². The summed E-state index contributed by atoms with van der Waals surface area (Å²) in [6.45, 7) is 3.66. The molecule has 3 aromatic carbocycles. The van der Waals surface area contributed by atoms with Crippen LogP contribution >= 0.6 is 0 Å². The number of nitrogens with one attached hydrogen (secondary N) is 2. The average Bonchev–Trinajstić information content (AvgIpc) is 2.74. The summed E-state index contributed by atoms with van der Waals surface area (Å²) in [5, 5.41) is 5.57. The largest absolute Gasteiger partial charge is 0.489 e. The van der Waals surface area contributed by atoms with Crippen LogP contribution in [0.4, 0.5) is 11.4 Å². The summed E-state index contributed by atoms with van der Waals surface area (Å²) >= 11 is 0. The van der Waals surface area contributed by atoms with Crippen LogP contribution in [-0.2, 0) is 16.2 Å². The number of ether oxygens (including phenoxy) is 1. The highest BCUT2D eigenvalue weighted by molar-refractivity contribution is 6.13. The van der Waals surface area contributed by atoms with Gasteiger partial charge in [-0.1, -0.05) is 48.5 Å². The van der Waals surface area contributed by atoms with E-state index in [-0.39, 0.29) is 11.8 Å². The summed E-state index contributed by atoms with van der Waals surface area (Å²) in [6.07, 6.45) is 0. The number of benzene rings is 3. The molecule has 5 heteroatoms. The summed E-state index contributed by atoms with van der Waals surface area (Å²) in [6, 6.07) is 26.0. The molecule has 0 aliphatic carbocycles. The molecule has 2 amide bonds. The first-order valence-corrected chi connectivity index (χ1v) is 9.40. The molecule has 5 nitrogen and oxygen atoms in total. The maximum absolute atomic E-state index is 12.7. The van der Waals surface area contributed by atoms with Crippen LogP contribution in [0.3, 0.4) is 0 Å². The predicted molar refractivity (Wildman–Crippen MR) is 115 cm³/mol. The number of anilines is 2. The Morgan fingerprint density at radius 2 is 1.21 bits per heavy atom. The summed E-state index contributed by atoms with van der Waals surface area (Å²) in [5.41, 5.74) is 1.09. The smallest absolute Gasteiger partial charge is 0.239 e. The molecule has 0 radical (unpaired) electrons. The average molecular weight is 388 g/mol. The Morgan fingerprint density at radius 3 is 1.76 bits per heavy atom. The van der Waals surface area contributed by atoms with Crippen molar-refractivity contribution in [3.8, 4) is 5.75 Å². The Morgan fingerprint density at radius 1 is 0.724 bits per heavy atom. The number of carbonyl (C=O) groups excluding carboxylic acids is 2. The van der Waals surface area contributed by atoms with Crippen molar-refractivity contribution in [2.45, 2.75) is 20.5 Å². The van der Waals surface area contributed by atoms with Gasteiger partial charge in [0.15, 0.2) is 0 Å². The van der Waals surface area contributed by atoms with Gasteiger partial charge in [-0.2, -0.15) is 0 Å². The molecule has 148 valence electrons. The van der Waals surface area contributed by atoms with Gasteiger partial charge >= 0.3 is 0 Å². The van der Waals surface area contributed by atoms with Gasteiger partial charge in [0, 0.05) is 11.4 Å². The van der Waals surface area contributed by atoms with Crippen molar-refractivity contribution in [1.82, 2.24) is 0 Å². The highest BCUT2D eigenvalue weighted by Gasteiger charge is 2.36. The van der Waals surface area contributed by atoms with E-state index in [1.807, 2.05) is 48.5 Å². The van der Waals surface area contributed by atoms with Crippen LogP contribution in [0.15, 0.2) is 84.9 Å². The van der Waals surface area contributed by atoms with E-state index in [1.165, 1.54) is 0 Å². The van der Waals surface area contributed by atoms with Gasteiger partial charge in [0.05, 0.1) is 0 Å². The Balaban J connectivity index is 1.57. The van der Waals surface area contributed by atoms with Crippen molar-refractivity contribution in [3.05, 3.63) is 90.5 Å². The van der Waals surface area contributed by atoms with Gasteiger partial charge in [0.1, 0.15) is 17.8 Å². The highest BCUT2D eigenvalue weighted by Crippen LogP contribution is 2.23. The van der Waals surface area contributed by atoms with Crippen LogP contribution < -0.4 is 15.4 Å². The van der Waals surface area contributed by atoms with Gasteiger partial charge in [-0.25, -0.2) is 0 Å². The molecule has 0 fully saturated rings. The monoisotopic (exact) mass is 388 g/mol. The number of hydrogen-bond acceptors (Lipinski definition) is 3. The van der Waals surface area contributed by atoms with Crippen molar-refractivity contribution in [2.24, 2.45) is 5.41 Å². The fraction of sp³-hybridized carbons (Fsp3) is 0.167. The number of hydrogen-bond donors (Lipinski definition) is 2. The molecule has 0 aliphatic heterocycles. The molecule has 0 atom stereocenters. The van der Waals surface area contributed by atoms with E-state index in [2.05, 4.69) is 10.6 Å². The van der Waals surface area contributed by atoms with E-state index in [0.717, 1.165) is 5.56 Å². The molecule has 3 rings (SSSR count). The lowest BCUT2D eigenvalue weighted by Gasteiger charge is -2.22. The zero-order chi connectivity index (χ0) is 20.7. The standard InChI is InChI=1S/C24H24N2O3/c1-24(2,22(27)25-19-11-7-4-8-12-19)23(28)26-20-13-15-21(16-14-20)29-17-18-9-5-3-6-10-18/h3-16H,17H2,1-2H3,(H,25,27)(H,26,28). The number of rotatable bonds is 7. The van der Waals surface area contributed by atoms with Gasteiger partial charge in [-0.05, 0) is 55.8 Å². The van der Waals surface area contributed by atoms with Crippen LogP contribution in [-0.4, -0.2) is 11.8 Å². The Kier molecular flexibility index (Phi) is 6.29. The van der Waals surface area contributed by atoms with Crippen LogP contribution in [0.5, 0.6) is 5.75 Å². The molecular weight excluding hydrogens is 364 g/mol. The van der Waals surface area contributed by atoms with Crippen molar-refractivity contribution < 1.29 is 14.3 Å². The Hall–Kier alpha value is -3.60. The molecule has 0 saturated heterocycles. The van der Waals surface area contributed by atoms with Crippen LogP contribution in [0.2, 0.25) is 0 Å². The first-order valence-electron chi connectivity index (χ1n) is 9.40. The SMILES string of the molecule is CC(C)(C(=O)Nc1ccccc1)C(=O)Nc1ccc(OCc2ccccc2)cc1. The topological polar surface area (TPSA) is 67.4 Å². The second-order valence-corrected chi connectivity index (χ2v) is 7.20. The first kappa shape index (κ1) is 20.1. The van der Waals surface area contributed by atoms with E-state index in [4.69, 9.17) is 4.74 Å². The summed E-state index contributed by atoms with van der Waals surface area (Å²) in [4.78, 5) is 25.2. The second kappa shape index (κ2) is 9.06. The third-order valence-corrected chi connectivity index (χ3v) is 4.53. The van der Waals surface area contributed by atoms with Gasteiger partial charge in [0.2, 0.25) is 11.8 Å². The molecule has 2 N–H and O–H groups in total. The lowest BCUT2D eigenvalue weighted by Crippen LogP contribution is -2.41. The molecule has 0 spiro atoms. The van der Waals surface area contributed by atoms with Crippen LogP contribution in [0.25, 0.3) is 0 Å². The molecule has 0 aliphatic rings. The fourth-order valence-electron chi connectivity index (χ4n) is 2.57. The molecule has 0 saturated carbocycles. The lowest BCUT2D eigenvalue weighted by atomic mass is 9.90. The third kappa shape index (κ3) is 5.45. The molecule has 0 bridgehead atoms. The fourth-order valence-corrected chi connectivity index (χ4v) is 2.57. The lowest BCUT2D eigenvalue weighted by molar-refractivity contribution is -0.135. The molecular formula is C24H24N2O3. The first-order chi connectivity index (χ1) is 13.9. The van der Waals surface area contributed by atoms with E-state index >= 15 is 0 Å². The minimum absolute atomic E-state index is 0.371. The van der Waals surface area contributed by atoms with Crippen LogP contribution in [0.1, 0.15) is 19.4 Å². The second-order valence-electron chi connectivity index (χ2n) is 7.20.